The summed E-state index contributed by atoms with van der Waals surface area (Å²) in [6.07, 6.45) is 7.03. The minimum absolute atomic E-state index is 0.518. The van der Waals surface area contributed by atoms with E-state index < -0.39 is 0 Å². The van der Waals surface area contributed by atoms with Gasteiger partial charge < -0.3 is 4.79 Å². The zero-order chi connectivity index (χ0) is 9.23. The van der Waals surface area contributed by atoms with Crippen LogP contribution < -0.4 is 0 Å². The predicted molar refractivity (Wildman–Crippen MR) is 56.7 cm³/mol. The molecule has 0 aromatic heterocycles. The molecule has 0 saturated heterocycles. The molecule has 0 spiro atoms. The highest BCUT2D eigenvalue weighted by molar-refractivity contribution is 7.99. The van der Waals surface area contributed by atoms with Gasteiger partial charge in [0.25, 0.3) is 0 Å². The third-order valence-electron chi connectivity index (χ3n) is 1.83. The fourth-order valence-corrected chi connectivity index (χ4v) is 2.00. The van der Waals surface area contributed by atoms with Crippen LogP contribution in [0.3, 0.4) is 0 Å². The second-order valence-electron chi connectivity index (χ2n) is 3.14. The van der Waals surface area contributed by atoms with Crippen molar-refractivity contribution in [3.8, 4) is 0 Å². The summed E-state index contributed by atoms with van der Waals surface area (Å²) in [5.41, 5.74) is 0. The molecule has 0 aromatic carbocycles. The highest BCUT2D eigenvalue weighted by Gasteiger charge is 1.99. The third kappa shape index (κ3) is 8.12. The van der Waals surface area contributed by atoms with Gasteiger partial charge in [-0.1, -0.05) is 33.1 Å². The molecule has 0 N–H and O–H groups in total. The lowest BCUT2D eigenvalue weighted by molar-refractivity contribution is -0.107. The molecule has 0 heterocycles. The second-order valence-corrected chi connectivity index (χ2v) is 4.69. The molecule has 0 aromatic rings. The van der Waals surface area contributed by atoms with Crippen LogP contribution in [0, 0.1) is 0 Å². The van der Waals surface area contributed by atoms with Crippen molar-refractivity contribution in [3.05, 3.63) is 0 Å². The quantitative estimate of drug-likeness (QED) is 0.429. The van der Waals surface area contributed by atoms with Crippen LogP contribution in [0.4, 0.5) is 0 Å². The Hall–Kier alpha value is 0.0200. The normalized spacial score (nSPS) is 12.8. The summed E-state index contributed by atoms with van der Waals surface area (Å²) < 4.78 is 0. The summed E-state index contributed by atoms with van der Waals surface area (Å²) in [6, 6.07) is 0. The minimum atomic E-state index is 0.518. The van der Waals surface area contributed by atoms with Crippen LogP contribution in [-0.4, -0.2) is 17.3 Å². The van der Waals surface area contributed by atoms with E-state index in [2.05, 4.69) is 13.8 Å². The number of aldehydes is 1. The summed E-state index contributed by atoms with van der Waals surface area (Å²) in [5.74, 6) is 1.22. The Morgan fingerprint density at radius 2 is 2.08 bits per heavy atom. The first kappa shape index (κ1) is 12.0. The molecular weight excluding hydrogens is 168 g/mol. The van der Waals surface area contributed by atoms with Crippen LogP contribution in [0.2, 0.25) is 0 Å². The van der Waals surface area contributed by atoms with Gasteiger partial charge in [-0.2, -0.15) is 11.8 Å². The maximum Gasteiger partial charge on any atom is 0.121 e. The molecule has 12 heavy (non-hydrogen) atoms. The van der Waals surface area contributed by atoms with E-state index in [1.807, 2.05) is 11.8 Å². The standard InChI is InChI=1S/C10H20OS/c1-3-4-5-6-9-12-10(2)7-8-11/h8,10H,3-7,9H2,1-2H3. The average Bonchev–Trinajstić information content (AvgIpc) is 2.05. The van der Waals surface area contributed by atoms with Crippen molar-refractivity contribution >= 4 is 18.0 Å². The van der Waals surface area contributed by atoms with E-state index in [4.69, 9.17) is 0 Å². The topological polar surface area (TPSA) is 17.1 Å². The van der Waals surface area contributed by atoms with Gasteiger partial charge in [0.15, 0.2) is 0 Å². The van der Waals surface area contributed by atoms with E-state index in [1.165, 1.54) is 31.4 Å². The molecule has 0 bridgehead atoms. The molecule has 0 aliphatic carbocycles. The Bertz CT molecular complexity index is 104. The van der Waals surface area contributed by atoms with E-state index in [9.17, 15) is 4.79 Å². The van der Waals surface area contributed by atoms with Gasteiger partial charge in [-0.05, 0) is 12.2 Å². The maximum atomic E-state index is 10.1. The van der Waals surface area contributed by atoms with E-state index in [-0.39, 0.29) is 0 Å². The minimum Gasteiger partial charge on any atom is -0.303 e. The van der Waals surface area contributed by atoms with Gasteiger partial charge in [0, 0.05) is 11.7 Å². The Labute approximate surface area is 80.3 Å². The van der Waals surface area contributed by atoms with Crippen molar-refractivity contribution in [3.63, 3.8) is 0 Å². The number of carbonyl (C=O) groups is 1. The molecule has 2 heteroatoms. The zero-order valence-electron chi connectivity index (χ0n) is 8.21. The van der Waals surface area contributed by atoms with E-state index >= 15 is 0 Å². The number of rotatable bonds is 8. The number of thioether (sulfide) groups is 1. The van der Waals surface area contributed by atoms with Crippen molar-refractivity contribution < 1.29 is 4.79 Å². The molecule has 72 valence electrons. The molecule has 1 atom stereocenters. The summed E-state index contributed by atoms with van der Waals surface area (Å²) in [4.78, 5) is 10.1. The highest BCUT2D eigenvalue weighted by Crippen LogP contribution is 2.15. The van der Waals surface area contributed by atoms with Crippen LogP contribution in [0.5, 0.6) is 0 Å². The monoisotopic (exact) mass is 188 g/mol. The Balaban J connectivity index is 3.02. The molecule has 0 rings (SSSR count). The van der Waals surface area contributed by atoms with Gasteiger partial charge in [0.2, 0.25) is 0 Å². The zero-order valence-corrected chi connectivity index (χ0v) is 9.03. The first-order valence-corrected chi connectivity index (χ1v) is 5.91. The van der Waals surface area contributed by atoms with Gasteiger partial charge in [0.05, 0.1) is 0 Å². The lowest BCUT2D eigenvalue weighted by Gasteiger charge is -2.06. The van der Waals surface area contributed by atoms with Crippen molar-refractivity contribution in [1.29, 1.82) is 0 Å². The lowest BCUT2D eigenvalue weighted by atomic mass is 10.2. The summed E-state index contributed by atoms with van der Waals surface area (Å²) in [6.45, 7) is 4.35. The van der Waals surface area contributed by atoms with Crippen molar-refractivity contribution in [2.24, 2.45) is 0 Å². The fraction of sp³-hybridized carbons (Fsp3) is 0.900. The van der Waals surface area contributed by atoms with Gasteiger partial charge in [-0.3, -0.25) is 0 Å². The van der Waals surface area contributed by atoms with Crippen LogP contribution in [0.1, 0.15) is 46.0 Å². The number of carbonyl (C=O) groups excluding carboxylic acids is 1. The average molecular weight is 188 g/mol. The van der Waals surface area contributed by atoms with Gasteiger partial charge >= 0.3 is 0 Å². The number of unbranched alkanes of at least 4 members (excludes halogenated alkanes) is 3. The van der Waals surface area contributed by atoms with Crippen molar-refractivity contribution in [1.82, 2.24) is 0 Å². The van der Waals surface area contributed by atoms with Crippen LogP contribution in [-0.2, 0) is 4.79 Å². The summed E-state index contributed by atoms with van der Waals surface area (Å²) in [5, 5.41) is 0.518. The largest absolute Gasteiger partial charge is 0.303 e. The molecule has 0 radical (unpaired) electrons. The Morgan fingerprint density at radius 1 is 1.33 bits per heavy atom. The molecule has 1 unspecified atom stereocenters. The third-order valence-corrected chi connectivity index (χ3v) is 3.11. The molecule has 0 amide bonds. The first-order valence-electron chi connectivity index (χ1n) is 4.86. The van der Waals surface area contributed by atoms with Crippen LogP contribution in [0.15, 0.2) is 0 Å². The van der Waals surface area contributed by atoms with Gasteiger partial charge in [-0.15, -0.1) is 0 Å². The second kappa shape index (κ2) is 9.11. The molecular formula is C10H20OS. The van der Waals surface area contributed by atoms with E-state index in [0.717, 1.165) is 6.29 Å². The maximum absolute atomic E-state index is 10.1. The smallest absolute Gasteiger partial charge is 0.121 e. The molecule has 1 nitrogen and oxygen atoms in total. The Kier molecular flexibility index (Phi) is 9.13. The van der Waals surface area contributed by atoms with Gasteiger partial charge in [-0.25, -0.2) is 0 Å². The summed E-state index contributed by atoms with van der Waals surface area (Å²) >= 11 is 1.92. The van der Waals surface area contributed by atoms with E-state index in [1.54, 1.807) is 0 Å². The summed E-state index contributed by atoms with van der Waals surface area (Å²) in [7, 11) is 0. The number of hydrogen-bond donors (Lipinski definition) is 0. The van der Waals surface area contributed by atoms with Crippen molar-refractivity contribution in [2.75, 3.05) is 5.75 Å². The first-order chi connectivity index (χ1) is 5.81. The molecule has 0 saturated carbocycles. The molecule has 0 aliphatic rings. The van der Waals surface area contributed by atoms with E-state index in [0.29, 0.717) is 11.7 Å². The van der Waals surface area contributed by atoms with Gasteiger partial charge in [0.1, 0.15) is 6.29 Å². The van der Waals surface area contributed by atoms with Crippen LogP contribution >= 0.6 is 11.8 Å². The molecule has 0 aliphatic heterocycles. The fourth-order valence-electron chi connectivity index (χ4n) is 1.02. The SMILES string of the molecule is CCCCCCSC(C)CC=O. The number of hydrogen-bond acceptors (Lipinski definition) is 2. The molecule has 0 fully saturated rings. The van der Waals surface area contributed by atoms with Crippen molar-refractivity contribution in [2.45, 2.75) is 51.2 Å². The highest BCUT2D eigenvalue weighted by atomic mass is 32.2. The lowest BCUT2D eigenvalue weighted by Crippen LogP contribution is -1.97. The van der Waals surface area contributed by atoms with Crippen LogP contribution in [0.25, 0.3) is 0 Å². The predicted octanol–water partition coefficient (Wildman–Crippen LogP) is 3.28. The Morgan fingerprint density at radius 3 is 2.67 bits per heavy atom.